The Balaban J connectivity index is 1.89. The van der Waals surface area contributed by atoms with E-state index in [1.54, 1.807) is 11.3 Å². The topological polar surface area (TPSA) is 12.0 Å². The van der Waals surface area contributed by atoms with Crippen molar-refractivity contribution < 1.29 is 0 Å². The lowest BCUT2D eigenvalue weighted by Gasteiger charge is -2.15. The summed E-state index contributed by atoms with van der Waals surface area (Å²) in [6.45, 7) is 3.10. The summed E-state index contributed by atoms with van der Waals surface area (Å²) >= 11 is 11.4. The van der Waals surface area contributed by atoms with Gasteiger partial charge in [-0.15, -0.1) is 0 Å². The Kier molecular flexibility index (Phi) is 5.25. The van der Waals surface area contributed by atoms with Gasteiger partial charge >= 0.3 is 0 Å². The van der Waals surface area contributed by atoms with E-state index in [0.29, 0.717) is 0 Å². The van der Waals surface area contributed by atoms with Gasteiger partial charge in [0.25, 0.3) is 0 Å². The molecule has 0 amide bonds. The molecule has 1 aromatic carbocycles. The summed E-state index contributed by atoms with van der Waals surface area (Å²) in [4.78, 5) is 0. The van der Waals surface area contributed by atoms with Crippen molar-refractivity contribution in [3.8, 4) is 0 Å². The van der Waals surface area contributed by atoms with Crippen LogP contribution in [0.2, 0.25) is 5.02 Å². The Hall–Kier alpha value is -0.350. The van der Waals surface area contributed by atoms with E-state index in [1.807, 2.05) is 12.1 Å². The van der Waals surface area contributed by atoms with Crippen LogP contribution in [0.5, 0.6) is 0 Å². The molecule has 0 aliphatic heterocycles. The molecule has 0 bridgehead atoms. The van der Waals surface area contributed by atoms with Crippen LogP contribution in [0, 0.1) is 0 Å². The van der Waals surface area contributed by atoms with Gasteiger partial charge in [-0.2, -0.15) is 11.3 Å². The number of hydrogen-bond donors (Lipinski definition) is 1. The molecule has 0 saturated carbocycles. The van der Waals surface area contributed by atoms with Crippen LogP contribution in [0.3, 0.4) is 0 Å². The van der Waals surface area contributed by atoms with Crippen LogP contribution in [-0.4, -0.2) is 6.54 Å². The van der Waals surface area contributed by atoms with E-state index in [1.165, 1.54) is 5.56 Å². The minimum Gasteiger partial charge on any atom is -0.310 e. The first-order chi connectivity index (χ1) is 8.66. The van der Waals surface area contributed by atoms with Crippen molar-refractivity contribution in [3.63, 3.8) is 0 Å². The average Bonchev–Trinajstić information content (AvgIpc) is 2.81. The predicted molar refractivity (Wildman–Crippen MR) is 83.6 cm³/mol. The highest BCUT2D eigenvalue weighted by Crippen LogP contribution is 2.26. The van der Waals surface area contributed by atoms with Gasteiger partial charge in [0, 0.05) is 15.5 Å². The first-order valence-corrected chi connectivity index (χ1v) is 7.97. The van der Waals surface area contributed by atoms with Gasteiger partial charge < -0.3 is 5.32 Å². The number of halogens is 2. The van der Waals surface area contributed by atoms with Gasteiger partial charge in [0.2, 0.25) is 0 Å². The van der Waals surface area contributed by atoms with Crippen LogP contribution in [0.1, 0.15) is 24.1 Å². The Morgan fingerprint density at radius 3 is 2.89 bits per heavy atom. The van der Waals surface area contributed by atoms with Gasteiger partial charge in [0.05, 0.1) is 0 Å². The fraction of sp³-hybridized carbons (Fsp3) is 0.286. The highest BCUT2D eigenvalue weighted by atomic mass is 79.9. The third-order valence-corrected chi connectivity index (χ3v) is 4.43. The van der Waals surface area contributed by atoms with Crippen molar-refractivity contribution in [2.24, 2.45) is 0 Å². The molecule has 1 nitrogen and oxygen atoms in total. The molecule has 0 radical (unpaired) electrons. The number of nitrogens with one attached hydrogen (secondary N) is 1. The monoisotopic (exact) mass is 343 g/mol. The summed E-state index contributed by atoms with van der Waals surface area (Å²) in [5.74, 6) is 0. The molecule has 4 heteroatoms. The Bertz CT molecular complexity index is 499. The summed E-state index contributed by atoms with van der Waals surface area (Å²) in [7, 11) is 0. The molecule has 1 aromatic heterocycles. The standard InChI is InChI=1S/C14H15BrClNS/c1-10(13-3-2-12(15)8-14(13)16)17-6-4-11-5-7-18-9-11/h2-3,5,7-10,17H,4,6H2,1H3. The largest absolute Gasteiger partial charge is 0.310 e. The Labute approximate surface area is 125 Å². The molecular formula is C14H15BrClNS. The van der Waals surface area contributed by atoms with E-state index in [4.69, 9.17) is 11.6 Å². The van der Waals surface area contributed by atoms with Crippen LogP contribution >= 0.6 is 38.9 Å². The van der Waals surface area contributed by atoms with E-state index in [9.17, 15) is 0 Å². The van der Waals surface area contributed by atoms with Crippen molar-refractivity contribution in [2.75, 3.05) is 6.54 Å². The van der Waals surface area contributed by atoms with Gasteiger partial charge in [-0.3, -0.25) is 0 Å². The number of rotatable bonds is 5. The zero-order valence-corrected chi connectivity index (χ0v) is 13.3. The summed E-state index contributed by atoms with van der Waals surface area (Å²) in [5, 5.41) is 8.62. The molecule has 96 valence electrons. The summed E-state index contributed by atoms with van der Waals surface area (Å²) in [6, 6.07) is 8.47. The fourth-order valence-corrected chi connectivity index (χ4v) is 3.37. The van der Waals surface area contributed by atoms with Crippen LogP contribution in [0.25, 0.3) is 0 Å². The van der Waals surface area contributed by atoms with Crippen molar-refractivity contribution in [2.45, 2.75) is 19.4 Å². The molecule has 1 heterocycles. The van der Waals surface area contributed by atoms with Crippen LogP contribution in [0.15, 0.2) is 39.5 Å². The van der Waals surface area contributed by atoms with Crippen LogP contribution < -0.4 is 5.32 Å². The van der Waals surface area contributed by atoms with Crippen molar-refractivity contribution in [1.82, 2.24) is 5.32 Å². The van der Waals surface area contributed by atoms with Gasteiger partial charge in [-0.05, 0) is 60.0 Å². The third-order valence-electron chi connectivity index (χ3n) is 2.87. The minimum atomic E-state index is 0.268. The van der Waals surface area contributed by atoms with Gasteiger partial charge in [0.15, 0.2) is 0 Å². The Morgan fingerprint density at radius 1 is 1.39 bits per heavy atom. The molecule has 1 atom stereocenters. The van der Waals surface area contributed by atoms with E-state index >= 15 is 0 Å². The number of thiophene rings is 1. The molecule has 0 fully saturated rings. The lowest BCUT2D eigenvalue weighted by Crippen LogP contribution is -2.21. The molecule has 2 rings (SSSR count). The number of hydrogen-bond acceptors (Lipinski definition) is 2. The molecule has 0 aliphatic carbocycles. The first kappa shape index (κ1) is 14.1. The lowest BCUT2D eigenvalue weighted by molar-refractivity contribution is 0.577. The number of benzene rings is 1. The van der Waals surface area contributed by atoms with Gasteiger partial charge in [-0.25, -0.2) is 0 Å². The van der Waals surface area contributed by atoms with E-state index in [-0.39, 0.29) is 6.04 Å². The lowest BCUT2D eigenvalue weighted by atomic mass is 10.1. The molecule has 0 spiro atoms. The maximum atomic E-state index is 6.23. The highest BCUT2D eigenvalue weighted by molar-refractivity contribution is 9.10. The second-order valence-corrected chi connectivity index (χ2v) is 6.33. The summed E-state index contributed by atoms with van der Waals surface area (Å²) < 4.78 is 1.02. The van der Waals surface area contributed by atoms with Gasteiger partial charge in [0.1, 0.15) is 0 Å². The normalized spacial score (nSPS) is 12.6. The zero-order valence-electron chi connectivity index (χ0n) is 10.1. The van der Waals surface area contributed by atoms with E-state index in [0.717, 1.165) is 28.0 Å². The molecule has 0 saturated heterocycles. The maximum absolute atomic E-state index is 6.23. The molecule has 0 aliphatic rings. The molecule has 1 N–H and O–H groups in total. The van der Waals surface area contributed by atoms with E-state index in [2.05, 4.69) is 51.1 Å². The second kappa shape index (κ2) is 6.71. The summed E-state index contributed by atoms with van der Waals surface area (Å²) in [5.41, 5.74) is 2.53. The first-order valence-electron chi connectivity index (χ1n) is 5.86. The Morgan fingerprint density at radius 2 is 2.22 bits per heavy atom. The molecular weight excluding hydrogens is 330 g/mol. The van der Waals surface area contributed by atoms with Gasteiger partial charge in [-0.1, -0.05) is 33.6 Å². The average molecular weight is 345 g/mol. The minimum absolute atomic E-state index is 0.268. The summed E-state index contributed by atoms with van der Waals surface area (Å²) in [6.07, 6.45) is 1.06. The zero-order chi connectivity index (χ0) is 13.0. The smallest absolute Gasteiger partial charge is 0.0464 e. The van der Waals surface area contributed by atoms with Crippen LogP contribution in [0.4, 0.5) is 0 Å². The SMILES string of the molecule is CC(NCCc1ccsc1)c1ccc(Br)cc1Cl. The maximum Gasteiger partial charge on any atom is 0.0464 e. The predicted octanol–water partition coefficient (Wildman–Crippen LogP) is 5.06. The van der Waals surface area contributed by atoms with Crippen molar-refractivity contribution in [1.29, 1.82) is 0 Å². The quantitative estimate of drug-likeness (QED) is 0.799. The van der Waals surface area contributed by atoms with E-state index < -0.39 is 0 Å². The van der Waals surface area contributed by atoms with Crippen molar-refractivity contribution in [3.05, 3.63) is 55.6 Å². The van der Waals surface area contributed by atoms with Crippen LogP contribution in [-0.2, 0) is 6.42 Å². The fourth-order valence-electron chi connectivity index (χ4n) is 1.83. The second-order valence-electron chi connectivity index (χ2n) is 4.22. The third kappa shape index (κ3) is 3.82. The molecule has 18 heavy (non-hydrogen) atoms. The van der Waals surface area contributed by atoms with Crippen molar-refractivity contribution >= 4 is 38.9 Å². The highest BCUT2D eigenvalue weighted by Gasteiger charge is 2.09. The molecule has 2 aromatic rings. The molecule has 1 unspecified atom stereocenters.